The number of hydrogen-bond acceptors (Lipinski definition) is 5. The van der Waals surface area contributed by atoms with Crippen molar-refractivity contribution in [3.63, 3.8) is 0 Å². The van der Waals surface area contributed by atoms with Gasteiger partial charge < -0.3 is 10.1 Å². The zero-order valence-electron chi connectivity index (χ0n) is 18.8. The molecular weight excluding hydrogens is 420 g/mol. The normalized spacial score (nSPS) is 16.9. The molecule has 1 heterocycles. The summed E-state index contributed by atoms with van der Waals surface area (Å²) in [5, 5.41) is 4.50. The van der Waals surface area contributed by atoms with Crippen LogP contribution in [0.4, 0.5) is 0 Å². The summed E-state index contributed by atoms with van der Waals surface area (Å²) in [7, 11) is 0. The van der Waals surface area contributed by atoms with E-state index in [1.165, 1.54) is 24.2 Å². The van der Waals surface area contributed by atoms with E-state index >= 15 is 0 Å². The first-order chi connectivity index (χ1) is 16.0. The van der Waals surface area contributed by atoms with Crippen molar-refractivity contribution in [1.29, 1.82) is 0 Å². The largest absolute Gasteiger partial charge is 0.456 e. The van der Waals surface area contributed by atoms with Gasteiger partial charge in [0.1, 0.15) is 0 Å². The maximum absolute atomic E-state index is 12.9. The Bertz CT molecular complexity index is 1010. The van der Waals surface area contributed by atoms with Crippen molar-refractivity contribution in [3.8, 4) is 0 Å². The third kappa shape index (κ3) is 5.41. The fourth-order valence-electron chi connectivity index (χ4n) is 4.75. The number of nitrogens with zero attached hydrogens (tertiary/aromatic N) is 1. The smallest absolute Gasteiger partial charge is 0.306 e. The van der Waals surface area contributed by atoms with E-state index in [9.17, 15) is 19.2 Å². The lowest BCUT2D eigenvalue weighted by atomic mass is 9.94. The fourth-order valence-corrected chi connectivity index (χ4v) is 4.75. The number of benzene rings is 2. The molecule has 0 radical (unpaired) electrons. The van der Waals surface area contributed by atoms with E-state index in [1.807, 2.05) is 12.1 Å². The van der Waals surface area contributed by atoms with Gasteiger partial charge in [-0.15, -0.1) is 0 Å². The second-order valence-corrected chi connectivity index (χ2v) is 8.84. The van der Waals surface area contributed by atoms with Crippen LogP contribution in [0.1, 0.15) is 78.5 Å². The van der Waals surface area contributed by atoms with Gasteiger partial charge in [0.05, 0.1) is 0 Å². The Morgan fingerprint density at radius 1 is 0.909 bits per heavy atom. The van der Waals surface area contributed by atoms with Crippen LogP contribution in [0, 0.1) is 0 Å². The lowest BCUT2D eigenvalue weighted by molar-refractivity contribution is -0.148. The highest BCUT2D eigenvalue weighted by molar-refractivity contribution is 6.25. The summed E-state index contributed by atoms with van der Waals surface area (Å²) in [6.45, 7) is -0.182. The molecule has 7 heteroatoms. The predicted octanol–water partition coefficient (Wildman–Crippen LogP) is 3.99. The van der Waals surface area contributed by atoms with Crippen molar-refractivity contribution in [3.05, 3.63) is 47.5 Å². The van der Waals surface area contributed by atoms with Crippen molar-refractivity contribution in [2.24, 2.45) is 0 Å². The van der Waals surface area contributed by atoms with Crippen LogP contribution in [0.2, 0.25) is 0 Å². The molecule has 2 aromatic carbocycles. The first-order valence-electron chi connectivity index (χ1n) is 11.9. The maximum atomic E-state index is 12.9. The molecule has 1 fully saturated rings. The number of imide groups is 1. The molecule has 0 unspecified atom stereocenters. The number of carbonyl (C=O) groups is 4. The van der Waals surface area contributed by atoms with Crippen molar-refractivity contribution in [1.82, 2.24) is 10.2 Å². The Morgan fingerprint density at radius 3 is 2.15 bits per heavy atom. The van der Waals surface area contributed by atoms with Gasteiger partial charge in [0, 0.05) is 35.5 Å². The topological polar surface area (TPSA) is 92.8 Å². The number of esters is 1. The molecule has 7 nitrogen and oxygen atoms in total. The van der Waals surface area contributed by atoms with Crippen molar-refractivity contribution >= 4 is 34.5 Å². The third-order valence-corrected chi connectivity index (χ3v) is 6.45. The molecule has 0 saturated heterocycles. The lowest BCUT2D eigenvalue weighted by Gasteiger charge is -2.27. The Labute approximate surface area is 193 Å². The molecule has 3 amide bonds. The maximum Gasteiger partial charge on any atom is 0.306 e. The van der Waals surface area contributed by atoms with Crippen LogP contribution < -0.4 is 5.32 Å². The molecule has 1 N–H and O–H groups in total. The summed E-state index contributed by atoms with van der Waals surface area (Å²) in [6.07, 6.45) is 8.11. The van der Waals surface area contributed by atoms with Gasteiger partial charge in [-0.05, 0) is 36.8 Å². The van der Waals surface area contributed by atoms with E-state index in [2.05, 4.69) is 5.32 Å². The second kappa shape index (κ2) is 10.6. The summed E-state index contributed by atoms with van der Waals surface area (Å²) in [5.41, 5.74) is 0.993. The van der Waals surface area contributed by atoms with Crippen LogP contribution in [-0.4, -0.2) is 47.8 Å². The quantitative estimate of drug-likeness (QED) is 0.509. The zero-order chi connectivity index (χ0) is 23.2. The van der Waals surface area contributed by atoms with Crippen LogP contribution >= 0.6 is 0 Å². The second-order valence-electron chi connectivity index (χ2n) is 8.84. The van der Waals surface area contributed by atoms with Gasteiger partial charge in [0.2, 0.25) is 0 Å². The Balaban J connectivity index is 1.24. The molecule has 2 aromatic rings. The summed E-state index contributed by atoms with van der Waals surface area (Å²) in [6, 6.07) is 10.9. The average molecular weight is 451 g/mol. The minimum absolute atomic E-state index is 0.0274. The highest BCUT2D eigenvalue weighted by atomic mass is 16.5. The molecule has 2 aliphatic rings. The molecule has 0 spiro atoms. The fraction of sp³-hybridized carbons (Fsp3) is 0.462. The first kappa shape index (κ1) is 23.0. The van der Waals surface area contributed by atoms with Crippen LogP contribution in [-0.2, 0) is 14.3 Å². The number of amides is 3. The monoisotopic (exact) mass is 450 g/mol. The van der Waals surface area contributed by atoms with Gasteiger partial charge in [-0.2, -0.15) is 0 Å². The highest BCUT2D eigenvalue weighted by Crippen LogP contribution is 2.30. The summed E-state index contributed by atoms with van der Waals surface area (Å²) in [5.74, 6) is -1.49. The summed E-state index contributed by atoms with van der Waals surface area (Å²) < 4.78 is 5.11. The molecule has 0 atom stereocenters. The van der Waals surface area contributed by atoms with Gasteiger partial charge in [0.15, 0.2) is 6.61 Å². The zero-order valence-corrected chi connectivity index (χ0v) is 18.8. The van der Waals surface area contributed by atoms with E-state index in [1.54, 1.807) is 24.3 Å². The number of rotatable bonds is 7. The number of hydrogen-bond donors (Lipinski definition) is 1. The standard InChI is InChI=1S/C26H30N2O5/c29-22(27-19-11-4-2-1-3-5-12-19)17-33-23(30)15-8-16-28-25(31)20-13-6-9-18-10-7-14-21(24(18)20)26(28)32/h6-7,9-10,13-14,19H,1-5,8,11-12,15-17H2,(H,27,29). The lowest BCUT2D eigenvalue weighted by Crippen LogP contribution is -2.41. The molecule has 1 aliphatic heterocycles. The summed E-state index contributed by atoms with van der Waals surface area (Å²) >= 11 is 0. The van der Waals surface area contributed by atoms with Gasteiger partial charge >= 0.3 is 5.97 Å². The molecule has 1 saturated carbocycles. The third-order valence-electron chi connectivity index (χ3n) is 6.45. The van der Waals surface area contributed by atoms with Crippen molar-refractivity contribution in [2.45, 2.75) is 63.8 Å². The van der Waals surface area contributed by atoms with Crippen molar-refractivity contribution < 1.29 is 23.9 Å². The molecule has 174 valence electrons. The molecule has 1 aliphatic carbocycles. The molecular formula is C26H30N2O5. The first-order valence-corrected chi connectivity index (χ1v) is 11.9. The number of carbonyl (C=O) groups excluding carboxylic acids is 4. The minimum Gasteiger partial charge on any atom is -0.456 e. The summed E-state index contributed by atoms with van der Waals surface area (Å²) in [4.78, 5) is 51.2. The van der Waals surface area contributed by atoms with Gasteiger partial charge in [-0.1, -0.05) is 56.4 Å². The number of ether oxygens (including phenoxy) is 1. The number of nitrogens with one attached hydrogen (secondary N) is 1. The minimum atomic E-state index is -0.512. The van der Waals surface area contributed by atoms with Gasteiger partial charge in [-0.25, -0.2) is 0 Å². The van der Waals surface area contributed by atoms with Crippen molar-refractivity contribution in [2.75, 3.05) is 13.2 Å². The van der Waals surface area contributed by atoms with Crippen LogP contribution in [0.5, 0.6) is 0 Å². The van der Waals surface area contributed by atoms with Crippen LogP contribution in [0.15, 0.2) is 36.4 Å². The van der Waals surface area contributed by atoms with Gasteiger partial charge in [0.25, 0.3) is 17.7 Å². The Hall–Kier alpha value is -3.22. The van der Waals surface area contributed by atoms with E-state index in [4.69, 9.17) is 4.74 Å². The average Bonchev–Trinajstić information content (AvgIpc) is 2.80. The Kier molecular flexibility index (Phi) is 7.37. The molecule has 0 aromatic heterocycles. The molecule has 0 bridgehead atoms. The van der Waals surface area contributed by atoms with E-state index in [-0.39, 0.29) is 49.8 Å². The predicted molar refractivity (Wildman–Crippen MR) is 124 cm³/mol. The Morgan fingerprint density at radius 2 is 1.52 bits per heavy atom. The molecule has 4 rings (SSSR count). The van der Waals surface area contributed by atoms with Gasteiger partial charge in [-0.3, -0.25) is 24.1 Å². The van der Waals surface area contributed by atoms with Crippen LogP contribution in [0.3, 0.4) is 0 Å². The van der Waals surface area contributed by atoms with Crippen LogP contribution in [0.25, 0.3) is 10.8 Å². The van der Waals surface area contributed by atoms with E-state index in [0.29, 0.717) is 16.5 Å². The highest BCUT2D eigenvalue weighted by Gasteiger charge is 2.32. The van der Waals surface area contributed by atoms with E-state index in [0.717, 1.165) is 31.1 Å². The van der Waals surface area contributed by atoms with E-state index < -0.39 is 5.97 Å². The SMILES string of the molecule is O=C(COC(=O)CCCN1C(=O)c2cccc3cccc(c23)C1=O)NC1CCCCCCC1. The molecule has 33 heavy (non-hydrogen) atoms.